The first-order valence-electron chi connectivity index (χ1n) is 11.4. The highest BCUT2D eigenvalue weighted by Gasteiger charge is 2.41. The van der Waals surface area contributed by atoms with Gasteiger partial charge in [-0.1, -0.05) is 12.7 Å². The highest BCUT2D eigenvalue weighted by atomic mass is 16.6. The zero-order chi connectivity index (χ0) is 24.4. The topological polar surface area (TPSA) is 86.4 Å². The van der Waals surface area contributed by atoms with E-state index in [1.165, 1.54) is 6.07 Å². The Balaban J connectivity index is 1.51. The molecule has 2 atom stereocenters. The Labute approximate surface area is 203 Å². The van der Waals surface area contributed by atoms with E-state index in [4.69, 9.17) is 19.3 Å². The fraction of sp³-hybridized carbons (Fsp3) is 0.222. The van der Waals surface area contributed by atoms with Gasteiger partial charge in [0.2, 0.25) is 6.23 Å². The summed E-state index contributed by atoms with van der Waals surface area (Å²) in [5.41, 5.74) is 3.54. The fourth-order valence-electron chi connectivity index (χ4n) is 4.38. The number of nitrogens with zero attached hydrogens (tertiary/aromatic N) is 3. The largest absolute Gasteiger partial charge is 0.494 e. The number of nitro groups is 1. The summed E-state index contributed by atoms with van der Waals surface area (Å²) in [4.78, 5) is 11.0. The standard InChI is InChI=1S/C27H25N3O5/c1-3-15-34-22-10-5-18(6-11-22)24-17-25-23-16-20(30(31)32)9-14-26(23)35-27(29(25)28-24)19-7-12-21(13-8-19)33-4-2/h3,5-14,16,25,27H,1,4,15,17H2,2H3/t25-,27+/m0/s1. The van der Waals surface area contributed by atoms with Gasteiger partial charge in [0.15, 0.2) is 0 Å². The highest BCUT2D eigenvalue weighted by molar-refractivity contribution is 6.02. The summed E-state index contributed by atoms with van der Waals surface area (Å²) >= 11 is 0. The summed E-state index contributed by atoms with van der Waals surface area (Å²) in [5, 5.41) is 18.3. The third-order valence-corrected chi connectivity index (χ3v) is 6.02. The van der Waals surface area contributed by atoms with Gasteiger partial charge >= 0.3 is 0 Å². The van der Waals surface area contributed by atoms with Crippen LogP contribution in [0.5, 0.6) is 17.2 Å². The van der Waals surface area contributed by atoms with Crippen molar-refractivity contribution in [1.29, 1.82) is 0 Å². The van der Waals surface area contributed by atoms with Gasteiger partial charge in [0.25, 0.3) is 5.69 Å². The third-order valence-electron chi connectivity index (χ3n) is 6.02. The smallest absolute Gasteiger partial charge is 0.270 e. The van der Waals surface area contributed by atoms with Crippen molar-refractivity contribution < 1.29 is 19.1 Å². The summed E-state index contributed by atoms with van der Waals surface area (Å²) < 4.78 is 17.5. The van der Waals surface area contributed by atoms with Crippen molar-refractivity contribution in [3.05, 3.63) is 106 Å². The number of hydrogen-bond donors (Lipinski definition) is 0. The lowest BCUT2D eigenvalue weighted by atomic mass is 9.95. The summed E-state index contributed by atoms with van der Waals surface area (Å²) in [6.07, 6.45) is 1.82. The summed E-state index contributed by atoms with van der Waals surface area (Å²) in [6, 6.07) is 20.0. The van der Waals surface area contributed by atoms with Crippen LogP contribution in [0.25, 0.3) is 0 Å². The van der Waals surface area contributed by atoms with Gasteiger partial charge in [-0.05, 0) is 67.1 Å². The van der Waals surface area contributed by atoms with Crippen molar-refractivity contribution in [2.75, 3.05) is 13.2 Å². The minimum atomic E-state index is -0.475. The molecule has 8 nitrogen and oxygen atoms in total. The minimum absolute atomic E-state index is 0.0315. The molecule has 3 aromatic rings. The predicted molar refractivity (Wildman–Crippen MR) is 132 cm³/mol. The molecule has 2 aliphatic heterocycles. The molecule has 0 unspecified atom stereocenters. The molecule has 0 fully saturated rings. The number of fused-ring (bicyclic) bond motifs is 3. The quantitative estimate of drug-likeness (QED) is 0.234. The Hall–Kier alpha value is -4.33. The van der Waals surface area contributed by atoms with E-state index >= 15 is 0 Å². The van der Waals surface area contributed by atoms with Crippen LogP contribution in [0.1, 0.15) is 42.3 Å². The van der Waals surface area contributed by atoms with Crippen molar-refractivity contribution in [2.24, 2.45) is 5.10 Å². The van der Waals surface area contributed by atoms with Crippen molar-refractivity contribution in [3.63, 3.8) is 0 Å². The number of non-ortho nitro benzene ring substituents is 1. The molecular weight excluding hydrogens is 446 g/mol. The third kappa shape index (κ3) is 4.42. The van der Waals surface area contributed by atoms with E-state index in [0.717, 1.165) is 33.9 Å². The van der Waals surface area contributed by atoms with Crippen LogP contribution in [0.4, 0.5) is 5.69 Å². The van der Waals surface area contributed by atoms with Crippen LogP contribution in [0.2, 0.25) is 0 Å². The number of ether oxygens (including phenoxy) is 3. The highest BCUT2D eigenvalue weighted by Crippen LogP contribution is 2.48. The van der Waals surface area contributed by atoms with Gasteiger partial charge in [0.1, 0.15) is 23.9 Å². The van der Waals surface area contributed by atoms with Crippen LogP contribution in [0.15, 0.2) is 84.5 Å². The molecule has 8 heteroatoms. The van der Waals surface area contributed by atoms with Gasteiger partial charge < -0.3 is 14.2 Å². The van der Waals surface area contributed by atoms with Gasteiger partial charge in [-0.15, -0.1) is 0 Å². The number of hydrazone groups is 1. The van der Waals surface area contributed by atoms with Gasteiger partial charge in [-0.2, -0.15) is 5.10 Å². The second kappa shape index (κ2) is 9.50. The average molecular weight is 472 g/mol. The van der Waals surface area contributed by atoms with E-state index < -0.39 is 6.23 Å². The lowest BCUT2D eigenvalue weighted by Gasteiger charge is -2.38. The van der Waals surface area contributed by atoms with E-state index in [1.807, 2.05) is 60.5 Å². The zero-order valence-corrected chi connectivity index (χ0v) is 19.3. The van der Waals surface area contributed by atoms with Crippen LogP contribution in [-0.2, 0) is 0 Å². The Kier molecular flexibility index (Phi) is 6.10. The van der Waals surface area contributed by atoms with Crippen molar-refractivity contribution in [1.82, 2.24) is 5.01 Å². The van der Waals surface area contributed by atoms with E-state index in [-0.39, 0.29) is 16.7 Å². The normalized spacial score (nSPS) is 18.1. The Bertz CT molecular complexity index is 1270. The summed E-state index contributed by atoms with van der Waals surface area (Å²) in [5.74, 6) is 2.16. The van der Waals surface area contributed by atoms with E-state index in [2.05, 4.69) is 6.58 Å². The summed E-state index contributed by atoms with van der Waals surface area (Å²) in [7, 11) is 0. The van der Waals surface area contributed by atoms with Crippen molar-refractivity contribution in [2.45, 2.75) is 25.6 Å². The molecular formula is C27H25N3O5. The molecule has 178 valence electrons. The number of nitro benzene ring substituents is 1. The lowest BCUT2D eigenvalue weighted by molar-refractivity contribution is -0.385. The maximum absolute atomic E-state index is 11.4. The van der Waals surface area contributed by atoms with Gasteiger partial charge in [0.05, 0.1) is 23.3 Å². The van der Waals surface area contributed by atoms with Crippen LogP contribution in [0.3, 0.4) is 0 Å². The lowest BCUT2D eigenvalue weighted by Crippen LogP contribution is -2.33. The molecule has 3 aromatic carbocycles. The number of rotatable bonds is 8. The monoisotopic (exact) mass is 471 g/mol. The maximum Gasteiger partial charge on any atom is 0.270 e. The van der Waals surface area contributed by atoms with Crippen LogP contribution in [-0.4, -0.2) is 28.9 Å². The average Bonchev–Trinajstić information content (AvgIpc) is 3.33. The first-order valence-corrected chi connectivity index (χ1v) is 11.4. The second-order valence-corrected chi connectivity index (χ2v) is 8.22. The predicted octanol–water partition coefficient (Wildman–Crippen LogP) is 5.80. The Morgan fingerprint density at radius 1 is 1.11 bits per heavy atom. The number of benzene rings is 3. The summed E-state index contributed by atoms with van der Waals surface area (Å²) in [6.45, 7) is 6.64. The second-order valence-electron chi connectivity index (χ2n) is 8.22. The Morgan fingerprint density at radius 3 is 2.51 bits per heavy atom. The first kappa shape index (κ1) is 22.5. The molecule has 0 saturated carbocycles. The molecule has 0 aliphatic carbocycles. The SMILES string of the molecule is C=CCOc1ccc(C2=NN3[C@@H](c4ccc(OCC)cc4)Oc4ccc([N+](=O)[O-])cc4[C@@H]3C2)cc1. The molecule has 2 heterocycles. The van der Waals surface area contributed by atoms with E-state index in [9.17, 15) is 10.1 Å². The van der Waals surface area contributed by atoms with Crippen molar-refractivity contribution in [3.8, 4) is 17.2 Å². The molecule has 0 amide bonds. The van der Waals surface area contributed by atoms with E-state index in [0.29, 0.717) is 25.4 Å². The van der Waals surface area contributed by atoms with Gasteiger partial charge in [-0.25, -0.2) is 5.01 Å². The molecule has 0 spiro atoms. The molecule has 35 heavy (non-hydrogen) atoms. The number of hydrogen-bond acceptors (Lipinski definition) is 7. The maximum atomic E-state index is 11.4. The molecule has 0 aromatic heterocycles. The molecule has 0 radical (unpaired) electrons. The van der Waals surface area contributed by atoms with E-state index in [1.54, 1.807) is 18.2 Å². The van der Waals surface area contributed by atoms with Crippen LogP contribution in [0, 0.1) is 10.1 Å². The Morgan fingerprint density at radius 2 is 1.83 bits per heavy atom. The molecule has 0 saturated heterocycles. The molecule has 0 N–H and O–H groups in total. The van der Waals surface area contributed by atoms with Crippen LogP contribution >= 0.6 is 0 Å². The zero-order valence-electron chi connectivity index (χ0n) is 19.3. The van der Waals surface area contributed by atoms with Crippen molar-refractivity contribution >= 4 is 11.4 Å². The fourth-order valence-corrected chi connectivity index (χ4v) is 4.38. The van der Waals surface area contributed by atoms with Crippen LogP contribution < -0.4 is 14.2 Å². The van der Waals surface area contributed by atoms with Gasteiger partial charge in [0, 0.05) is 29.7 Å². The van der Waals surface area contributed by atoms with Gasteiger partial charge in [-0.3, -0.25) is 10.1 Å². The molecule has 0 bridgehead atoms. The molecule has 2 aliphatic rings. The first-order chi connectivity index (χ1) is 17.1. The molecule has 5 rings (SSSR count). The minimum Gasteiger partial charge on any atom is -0.494 e.